The van der Waals surface area contributed by atoms with Crippen molar-refractivity contribution in [3.63, 3.8) is 0 Å². The summed E-state index contributed by atoms with van der Waals surface area (Å²) in [6.07, 6.45) is 5.79. The Morgan fingerprint density at radius 1 is 1.13 bits per heavy atom. The molecule has 3 rings (SSSR count). The van der Waals surface area contributed by atoms with Crippen molar-refractivity contribution in [2.75, 3.05) is 5.32 Å². The van der Waals surface area contributed by atoms with Gasteiger partial charge in [0.25, 0.3) is 0 Å². The molecule has 0 aromatic carbocycles. The molecule has 0 unspecified atom stereocenters. The second-order valence-corrected chi connectivity index (χ2v) is 4.72. The quantitative estimate of drug-likeness (QED) is 0.286. The van der Waals surface area contributed by atoms with E-state index < -0.39 is 0 Å². The highest BCUT2D eigenvalue weighted by molar-refractivity contribution is 6.30. The van der Waals surface area contributed by atoms with Gasteiger partial charge in [-0.2, -0.15) is 0 Å². The van der Waals surface area contributed by atoms with Gasteiger partial charge in [-0.3, -0.25) is 10.3 Å². The van der Waals surface area contributed by atoms with Crippen LogP contribution in [0.2, 0.25) is 5.02 Å². The van der Waals surface area contributed by atoms with Crippen LogP contribution >= 0.6 is 11.6 Å². The first-order valence-corrected chi connectivity index (χ1v) is 6.68. The molecule has 0 saturated heterocycles. The van der Waals surface area contributed by atoms with Crippen LogP contribution in [0.25, 0.3) is 11.5 Å². The third-order valence-corrected chi connectivity index (χ3v) is 2.97. The van der Waals surface area contributed by atoms with E-state index in [2.05, 4.69) is 30.4 Å². The Hall–Kier alpha value is -3.20. The number of oxazole rings is 1. The van der Waals surface area contributed by atoms with Crippen molar-refractivity contribution >= 4 is 29.3 Å². The highest BCUT2D eigenvalue weighted by Crippen LogP contribution is 2.23. The van der Waals surface area contributed by atoms with Gasteiger partial charge in [-0.1, -0.05) is 16.8 Å². The van der Waals surface area contributed by atoms with Crippen LogP contribution in [-0.4, -0.2) is 31.0 Å². The minimum atomic E-state index is -0.128. The van der Waals surface area contributed by atoms with Gasteiger partial charge in [0, 0.05) is 6.20 Å². The Bertz CT molecular complexity index is 830. The maximum Gasteiger partial charge on any atom is 0.300 e. The van der Waals surface area contributed by atoms with E-state index in [1.807, 2.05) is 0 Å². The molecule has 0 aliphatic heterocycles. The van der Waals surface area contributed by atoms with E-state index in [1.54, 1.807) is 12.1 Å². The molecular weight excluding hydrogens is 322 g/mol. The van der Waals surface area contributed by atoms with Crippen LogP contribution in [0.15, 0.2) is 46.5 Å². The number of nitrogens with one attached hydrogen (secondary N) is 1. The minimum absolute atomic E-state index is 0.128. The lowest BCUT2D eigenvalue weighted by molar-refractivity contribution is 0.318. The molecule has 0 aliphatic carbocycles. The molecule has 0 spiro atoms. The molecule has 0 saturated carbocycles. The number of aromatic nitrogens is 4. The highest BCUT2D eigenvalue weighted by atomic mass is 35.5. The van der Waals surface area contributed by atoms with Crippen molar-refractivity contribution in [2.45, 2.75) is 0 Å². The number of amidine groups is 1. The van der Waals surface area contributed by atoms with Gasteiger partial charge in [0.15, 0.2) is 17.4 Å². The van der Waals surface area contributed by atoms with Crippen molar-refractivity contribution in [3.05, 3.63) is 47.6 Å². The molecule has 0 fully saturated rings. The zero-order valence-corrected chi connectivity index (χ0v) is 12.3. The Morgan fingerprint density at radius 3 is 2.65 bits per heavy atom. The highest BCUT2D eigenvalue weighted by Gasteiger charge is 2.09. The number of rotatable bonds is 4. The van der Waals surface area contributed by atoms with Crippen LogP contribution < -0.4 is 11.1 Å². The van der Waals surface area contributed by atoms with Crippen molar-refractivity contribution in [3.8, 4) is 11.5 Å². The van der Waals surface area contributed by atoms with E-state index >= 15 is 0 Å². The third kappa shape index (κ3) is 3.35. The first-order valence-electron chi connectivity index (χ1n) is 6.30. The van der Waals surface area contributed by atoms with Gasteiger partial charge in [0.05, 0.1) is 23.6 Å². The van der Waals surface area contributed by atoms with Crippen molar-refractivity contribution < 1.29 is 9.62 Å². The average Bonchev–Trinajstić information content (AvgIpc) is 3.04. The average molecular weight is 332 g/mol. The summed E-state index contributed by atoms with van der Waals surface area (Å²) < 4.78 is 5.53. The van der Waals surface area contributed by atoms with E-state index in [1.165, 1.54) is 24.8 Å². The number of hydrogen-bond donors (Lipinski definition) is 3. The SMILES string of the molecule is N/C(=N/O)c1cnc(Nc2ncc(-c3ccc(Cl)cn3)o2)cn1. The van der Waals surface area contributed by atoms with Crippen LogP contribution in [0.5, 0.6) is 0 Å². The fourth-order valence-corrected chi connectivity index (χ4v) is 1.77. The van der Waals surface area contributed by atoms with E-state index in [-0.39, 0.29) is 17.5 Å². The number of halogens is 1. The van der Waals surface area contributed by atoms with Gasteiger partial charge < -0.3 is 15.4 Å². The summed E-state index contributed by atoms with van der Waals surface area (Å²) in [6.45, 7) is 0. The molecule has 0 amide bonds. The lowest BCUT2D eigenvalue weighted by atomic mass is 10.3. The number of oxime groups is 1. The van der Waals surface area contributed by atoms with E-state index in [0.717, 1.165) is 0 Å². The second-order valence-electron chi connectivity index (χ2n) is 4.29. The van der Waals surface area contributed by atoms with E-state index in [9.17, 15) is 0 Å². The lowest BCUT2D eigenvalue weighted by Crippen LogP contribution is -2.15. The molecule has 10 heteroatoms. The maximum atomic E-state index is 8.56. The lowest BCUT2D eigenvalue weighted by Gasteiger charge is -2.01. The van der Waals surface area contributed by atoms with Crippen molar-refractivity contribution in [2.24, 2.45) is 10.9 Å². The predicted molar refractivity (Wildman–Crippen MR) is 82.6 cm³/mol. The summed E-state index contributed by atoms with van der Waals surface area (Å²) in [5, 5.41) is 14.8. The van der Waals surface area contributed by atoms with Crippen LogP contribution in [0.3, 0.4) is 0 Å². The van der Waals surface area contributed by atoms with E-state index in [0.29, 0.717) is 22.3 Å². The van der Waals surface area contributed by atoms with Crippen LogP contribution in [-0.2, 0) is 0 Å². The van der Waals surface area contributed by atoms with E-state index in [4.69, 9.17) is 27.0 Å². The Labute approximate surface area is 134 Å². The van der Waals surface area contributed by atoms with Crippen molar-refractivity contribution in [1.29, 1.82) is 0 Å². The maximum absolute atomic E-state index is 8.56. The van der Waals surface area contributed by atoms with Gasteiger partial charge >= 0.3 is 6.01 Å². The molecule has 4 N–H and O–H groups in total. The Kier molecular flexibility index (Phi) is 4.02. The zero-order valence-electron chi connectivity index (χ0n) is 11.5. The smallest absolute Gasteiger partial charge is 0.300 e. The summed E-state index contributed by atoms with van der Waals surface area (Å²) in [5.41, 5.74) is 6.25. The molecule has 9 nitrogen and oxygen atoms in total. The molecule has 3 aromatic heterocycles. The van der Waals surface area contributed by atoms with Crippen LogP contribution in [0.4, 0.5) is 11.8 Å². The molecule has 3 heterocycles. The third-order valence-electron chi connectivity index (χ3n) is 2.74. The number of anilines is 2. The molecule has 23 heavy (non-hydrogen) atoms. The monoisotopic (exact) mass is 331 g/mol. The summed E-state index contributed by atoms with van der Waals surface area (Å²) >= 11 is 5.79. The molecular formula is C13H10ClN7O2. The number of nitrogens with two attached hydrogens (primary N) is 1. The number of nitrogens with zero attached hydrogens (tertiary/aromatic N) is 5. The number of hydrogen-bond acceptors (Lipinski definition) is 8. The normalized spacial score (nSPS) is 11.4. The molecule has 0 radical (unpaired) electrons. The first-order chi connectivity index (χ1) is 11.2. The summed E-state index contributed by atoms with van der Waals surface area (Å²) in [6, 6.07) is 3.65. The van der Waals surface area contributed by atoms with Crippen LogP contribution in [0, 0.1) is 0 Å². The van der Waals surface area contributed by atoms with Gasteiger partial charge in [-0.25, -0.2) is 15.0 Å². The fraction of sp³-hybridized carbons (Fsp3) is 0. The predicted octanol–water partition coefficient (Wildman–Crippen LogP) is 2.02. The largest absolute Gasteiger partial charge is 0.422 e. The summed E-state index contributed by atoms with van der Waals surface area (Å²) in [4.78, 5) is 16.3. The van der Waals surface area contributed by atoms with Gasteiger partial charge in [-0.05, 0) is 12.1 Å². The summed E-state index contributed by atoms with van der Waals surface area (Å²) in [7, 11) is 0. The first kappa shape index (κ1) is 14.7. The molecule has 0 aliphatic rings. The molecule has 0 bridgehead atoms. The van der Waals surface area contributed by atoms with Gasteiger partial charge in [-0.15, -0.1) is 0 Å². The number of pyridine rings is 1. The molecule has 3 aromatic rings. The summed E-state index contributed by atoms with van der Waals surface area (Å²) in [5.74, 6) is 0.735. The second kappa shape index (κ2) is 6.28. The molecule has 116 valence electrons. The minimum Gasteiger partial charge on any atom is -0.422 e. The topological polar surface area (TPSA) is 135 Å². The zero-order chi connectivity index (χ0) is 16.2. The standard InChI is InChI=1S/C13H10ClN7O2/c14-7-1-2-8(16-3-7)10-5-19-13(23-10)20-11-6-17-9(4-18-11)12(15)21-22/h1-6,22H,(H2,15,21)(H,18,19,20). The van der Waals surface area contributed by atoms with Crippen LogP contribution in [0.1, 0.15) is 5.69 Å². The van der Waals surface area contributed by atoms with Gasteiger partial charge in [0.1, 0.15) is 11.4 Å². The Morgan fingerprint density at radius 2 is 2.00 bits per heavy atom. The van der Waals surface area contributed by atoms with Gasteiger partial charge in [0.2, 0.25) is 0 Å². The molecule has 0 atom stereocenters. The fourth-order valence-electron chi connectivity index (χ4n) is 1.66. The van der Waals surface area contributed by atoms with Crippen molar-refractivity contribution in [1.82, 2.24) is 19.9 Å². The Balaban J connectivity index is 1.75.